The third kappa shape index (κ3) is 5.02. The maximum atomic E-state index is 12.0. The van der Waals surface area contributed by atoms with Crippen LogP contribution in [0.3, 0.4) is 0 Å². The summed E-state index contributed by atoms with van der Waals surface area (Å²) in [5, 5.41) is 8.11. The van der Waals surface area contributed by atoms with E-state index >= 15 is 0 Å². The Morgan fingerprint density at radius 1 is 1.08 bits per heavy atom. The van der Waals surface area contributed by atoms with Crippen LogP contribution in [0.4, 0.5) is 11.4 Å². The normalized spacial score (nSPS) is 16.9. The fourth-order valence-electron chi connectivity index (χ4n) is 5.25. The topological polar surface area (TPSA) is 62.2 Å². The summed E-state index contributed by atoms with van der Waals surface area (Å²) < 4.78 is 2.13. The Kier molecular flexibility index (Phi) is 7.67. The molecule has 4 aromatic rings. The molecular weight excluding hydrogens is 549 g/mol. The zero-order valence-electron chi connectivity index (χ0n) is 22.1. The van der Waals surface area contributed by atoms with Gasteiger partial charge in [0.2, 0.25) is 5.91 Å². The largest absolute Gasteiger partial charge is 0.351 e. The van der Waals surface area contributed by atoms with E-state index in [0.717, 1.165) is 45.3 Å². The summed E-state index contributed by atoms with van der Waals surface area (Å²) in [7, 11) is 0. The number of carbonyl (C=O) groups excluding carboxylic acids is 1. The molecule has 0 bridgehead atoms. The van der Waals surface area contributed by atoms with Crippen molar-refractivity contribution in [1.29, 1.82) is 0 Å². The lowest BCUT2D eigenvalue weighted by molar-refractivity contribution is -0.115. The second kappa shape index (κ2) is 11.0. The van der Waals surface area contributed by atoms with Crippen molar-refractivity contribution in [3.05, 3.63) is 105 Å². The van der Waals surface area contributed by atoms with Crippen molar-refractivity contribution >= 4 is 57.8 Å². The molecule has 1 saturated heterocycles. The predicted molar refractivity (Wildman–Crippen MR) is 163 cm³/mol. The average Bonchev–Trinajstić information content (AvgIpc) is 3.42. The van der Waals surface area contributed by atoms with Gasteiger partial charge in [-0.25, -0.2) is 0 Å². The Morgan fingerprint density at radius 3 is 2.56 bits per heavy atom. The molecule has 2 unspecified atom stereocenters. The van der Waals surface area contributed by atoms with E-state index < -0.39 is 0 Å². The maximum Gasteiger partial charge on any atom is 0.224 e. The van der Waals surface area contributed by atoms with E-state index in [1.807, 2.05) is 56.3 Å². The first-order chi connectivity index (χ1) is 18.7. The summed E-state index contributed by atoms with van der Waals surface area (Å²) >= 11 is 19.0. The number of nitrogens with zero attached hydrogens (tertiary/aromatic N) is 3. The fourth-order valence-corrected chi connectivity index (χ4v) is 5.97. The molecule has 2 N–H and O–H groups in total. The summed E-state index contributed by atoms with van der Waals surface area (Å²) in [4.78, 5) is 18.8. The van der Waals surface area contributed by atoms with Crippen LogP contribution in [0.15, 0.2) is 66.9 Å². The molecule has 0 aliphatic carbocycles. The first-order valence-corrected chi connectivity index (χ1v) is 13.9. The minimum absolute atomic E-state index is 0.0237. The standard InChI is InChI=1S/C30H29Cl2N5OS/c1-5-26(38)34-23-13-12-20(15-17(23)2)37-29(28(35-30(37)39)24-10-6-7-14-33-24)21-16-18(3)36(19(21)4)25-11-8-9-22(31)27(25)32/h6-16,28-29H,5H2,1-4H3,(H,34,38)(H,35,39). The van der Waals surface area contributed by atoms with E-state index in [1.165, 1.54) is 0 Å². The van der Waals surface area contributed by atoms with Crippen LogP contribution in [0.2, 0.25) is 10.0 Å². The van der Waals surface area contributed by atoms with Gasteiger partial charge < -0.3 is 20.1 Å². The second-order valence-corrected chi connectivity index (χ2v) is 10.8. The number of carbonyl (C=O) groups is 1. The summed E-state index contributed by atoms with van der Waals surface area (Å²) in [6.45, 7) is 7.97. The van der Waals surface area contributed by atoms with Gasteiger partial charge in [0.05, 0.1) is 33.5 Å². The molecule has 0 saturated carbocycles. The number of thiocarbonyl (C=S) groups is 1. The van der Waals surface area contributed by atoms with Crippen LogP contribution in [-0.2, 0) is 4.79 Å². The quantitative estimate of drug-likeness (QED) is 0.231. The van der Waals surface area contributed by atoms with Gasteiger partial charge in [-0.1, -0.05) is 42.3 Å². The lowest BCUT2D eigenvalue weighted by atomic mass is 9.96. The number of pyridine rings is 1. The molecule has 1 fully saturated rings. The molecular formula is C30H29Cl2N5OS. The fraction of sp³-hybridized carbons (Fsp3) is 0.233. The highest BCUT2D eigenvalue weighted by Crippen LogP contribution is 2.45. The highest BCUT2D eigenvalue weighted by atomic mass is 35.5. The van der Waals surface area contributed by atoms with Crippen LogP contribution in [0.1, 0.15) is 53.6 Å². The highest BCUT2D eigenvalue weighted by Gasteiger charge is 2.42. The van der Waals surface area contributed by atoms with Crippen LogP contribution in [0.5, 0.6) is 0 Å². The first kappa shape index (κ1) is 27.2. The minimum Gasteiger partial charge on any atom is -0.351 e. The van der Waals surface area contributed by atoms with Gasteiger partial charge in [0.25, 0.3) is 0 Å². The van der Waals surface area contributed by atoms with Crippen molar-refractivity contribution in [2.75, 3.05) is 10.2 Å². The second-order valence-electron chi connectivity index (χ2n) is 9.63. The molecule has 1 aliphatic rings. The van der Waals surface area contributed by atoms with Crippen LogP contribution < -0.4 is 15.5 Å². The molecule has 6 nitrogen and oxygen atoms in total. The number of nitrogens with one attached hydrogen (secondary N) is 2. The lowest BCUT2D eigenvalue weighted by Crippen LogP contribution is -2.29. The van der Waals surface area contributed by atoms with Gasteiger partial charge in [-0.15, -0.1) is 0 Å². The van der Waals surface area contributed by atoms with Crippen molar-refractivity contribution in [2.24, 2.45) is 0 Å². The predicted octanol–water partition coefficient (Wildman–Crippen LogP) is 7.63. The summed E-state index contributed by atoms with van der Waals surface area (Å²) in [5.74, 6) is -0.0237. The van der Waals surface area contributed by atoms with Crippen LogP contribution >= 0.6 is 35.4 Å². The Morgan fingerprint density at radius 2 is 1.87 bits per heavy atom. The smallest absolute Gasteiger partial charge is 0.224 e. The summed E-state index contributed by atoms with van der Waals surface area (Å²) in [5.41, 5.74) is 7.53. The van der Waals surface area contributed by atoms with Gasteiger partial charge in [0, 0.05) is 35.4 Å². The first-order valence-electron chi connectivity index (χ1n) is 12.8. The van der Waals surface area contributed by atoms with Crippen LogP contribution in [-0.4, -0.2) is 20.6 Å². The molecule has 2 aromatic carbocycles. The number of hydrogen-bond acceptors (Lipinski definition) is 3. The third-order valence-corrected chi connectivity index (χ3v) is 8.27. The molecule has 9 heteroatoms. The van der Waals surface area contributed by atoms with Gasteiger partial charge >= 0.3 is 0 Å². The monoisotopic (exact) mass is 577 g/mol. The maximum absolute atomic E-state index is 12.0. The summed E-state index contributed by atoms with van der Waals surface area (Å²) in [6, 6.07) is 19.3. The molecule has 2 atom stereocenters. The van der Waals surface area contributed by atoms with Gasteiger partial charge in [0.15, 0.2) is 5.11 Å². The Hall–Kier alpha value is -3.39. The molecule has 200 valence electrons. The number of hydrogen-bond donors (Lipinski definition) is 2. The highest BCUT2D eigenvalue weighted by molar-refractivity contribution is 7.80. The van der Waals surface area contributed by atoms with Crippen molar-refractivity contribution in [2.45, 2.75) is 46.2 Å². The summed E-state index contributed by atoms with van der Waals surface area (Å²) in [6.07, 6.45) is 2.21. The Balaban J connectivity index is 1.65. The van der Waals surface area contributed by atoms with E-state index in [9.17, 15) is 4.79 Å². The van der Waals surface area contributed by atoms with Gasteiger partial charge in [-0.2, -0.15) is 0 Å². The van der Waals surface area contributed by atoms with Gasteiger partial charge in [-0.3, -0.25) is 9.78 Å². The number of halogens is 2. The third-order valence-electron chi connectivity index (χ3n) is 7.14. The van der Waals surface area contributed by atoms with E-state index in [4.69, 9.17) is 35.4 Å². The number of benzene rings is 2. The molecule has 0 spiro atoms. The van der Waals surface area contributed by atoms with E-state index in [-0.39, 0.29) is 18.0 Å². The number of aryl methyl sites for hydroxylation is 2. The van der Waals surface area contributed by atoms with E-state index in [1.54, 1.807) is 12.3 Å². The number of rotatable bonds is 6. The number of aromatic nitrogens is 2. The Labute approximate surface area is 244 Å². The molecule has 2 aromatic heterocycles. The molecule has 1 amide bonds. The lowest BCUT2D eigenvalue weighted by Gasteiger charge is -2.29. The van der Waals surface area contributed by atoms with Gasteiger partial charge in [-0.05, 0) is 92.6 Å². The van der Waals surface area contributed by atoms with E-state index in [0.29, 0.717) is 21.6 Å². The number of anilines is 2. The minimum atomic E-state index is -0.194. The SMILES string of the molecule is CCC(=O)Nc1ccc(N2C(=S)NC(c3ccccn3)C2c2cc(C)n(-c3cccc(Cl)c3Cl)c2C)cc1C. The molecule has 0 radical (unpaired) electrons. The van der Waals surface area contributed by atoms with Crippen LogP contribution in [0, 0.1) is 20.8 Å². The Bertz CT molecular complexity index is 1570. The zero-order valence-corrected chi connectivity index (χ0v) is 24.5. The van der Waals surface area contributed by atoms with Crippen molar-refractivity contribution in [3.8, 4) is 5.69 Å². The van der Waals surface area contributed by atoms with Crippen molar-refractivity contribution in [3.63, 3.8) is 0 Å². The zero-order chi connectivity index (χ0) is 27.8. The van der Waals surface area contributed by atoms with E-state index in [2.05, 4.69) is 51.1 Å². The molecule has 1 aliphatic heterocycles. The van der Waals surface area contributed by atoms with Gasteiger partial charge in [0.1, 0.15) is 0 Å². The van der Waals surface area contributed by atoms with Crippen LogP contribution in [0.25, 0.3) is 5.69 Å². The van der Waals surface area contributed by atoms with Crippen molar-refractivity contribution in [1.82, 2.24) is 14.9 Å². The average molecular weight is 579 g/mol. The number of amides is 1. The van der Waals surface area contributed by atoms with Crippen molar-refractivity contribution < 1.29 is 4.79 Å². The molecule has 3 heterocycles. The molecule has 5 rings (SSSR count). The molecule has 39 heavy (non-hydrogen) atoms.